The first-order valence-electron chi connectivity index (χ1n) is 17.4. The molecule has 4 aromatic rings. The summed E-state index contributed by atoms with van der Waals surface area (Å²) in [7, 11) is -0.468. The summed E-state index contributed by atoms with van der Waals surface area (Å²) in [5.41, 5.74) is 5.40. The van der Waals surface area contributed by atoms with Gasteiger partial charge in [0.05, 0.1) is 46.5 Å². The first-order chi connectivity index (χ1) is 23.7. The molecule has 0 saturated carbocycles. The van der Waals surface area contributed by atoms with Crippen molar-refractivity contribution >= 4 is 37.0 Å². The quantitative estimate of drug-likeness (QED) is 0.134. The molecule has 2 aliphatic rings. The number of ether oxygens (including phenoxy) is 2. The number of amides is 2. The van der Waals surface area contributed by atoms with E-state index in [4.69, 9.17) is 9.47 Å². The summed E-state index contributed by atoms with van der Waals surface area (Å²) in [6, 6.07) is 34.2. The highest BCUT2D eigenvalue weighted by Crippen LogP contribution is 2.47. The SMILES string of the molecule is COc1ccc([Si](C)(C)[C@H]2[C@H](C)[C@H](CCc3ccc(N(C=O)c4ccccc4)cc3)O[C@@H]2CC(=O)N2Cc3ccccc3C[C@H]2CO)cc1. The first kappa shape index (κ1) is 34.6. The lowest BCUT2D eigenvalue weighted by Crippen LogP contribution is -2.52. The highest BCUT2D eigenvalue weighted by molar-refractivity contribution is 6.91. The molecule has 1 saturated heterocycles. The number of hydrogen-bond acceptors (Lipinski definition) is 5. The molecule has 0 spiro atoms. The lowest BCUT2D eigenvalue weighted by molar-refractivity contribution is -0.138. The van der Waals surface area contributed by atoms with Gasteiger partial charge in [0.15, 0.2) is 0 Å². The minimum Gasteiger partial charge on any atom is -0.497 e. The van der Waals surface area contributed by atoms with Crippen molar-refractivity contribution in [1.82, 2.24) is 4.90 Å². The smallest absolute Gasteiger partial charge is 0.225 e. The Labute approximate surface area is 291 Å². The van der Waals surface area contributed by atoms with Gasteiger partial charge in [-0.05, 0) is 83.8 Å². The van der Waals surface area contributed by atoms with Gasteiger partial charge in [-0.15, -0.1) is 0 Å². The second-order valence-corrected chi connectivity index (χ2v) is 18.8. The molecule has 0 aromatic heterocycles. The highest BCUT2D eigenvalue weighted by atomic mass is 28.3. The van der Waals surface area contributed by atoms with Crippen LogP contribution in [0.4, 0.5) is 11.4 Å². The van der Waals surface area contributed by atoms with Gasteiger partial charge in [-0.1, -0.05) is 91.9 Å². The van der Waals surface area contributed by atoms with Crippen LogP contribution in [0.5, 0.6) is 5.75 Å². The number of aliphatic hydroxyl groups excluding tert-OH is 1. The van der Waals surface area contributed by atoms with Crippen LogP contribution in [-0.2, 0) is 33.7 Å². The van der Waals surface area contributed by atoms with Crippen LogP contribution in [0.25, 0.3) is 0 Å². The van der Waals surface area contributed by atoms with Crippen LogP contribution in [0.1, 0.15) is 36.5 Å². The normalized spacial score (nSPS) is 22.0. The molecule has 2 heterocycles. The second kappa shape index (κ2) is 15.1. The zero-order chi connectivity index (χ0) is 34.5. The van der Waals surface area contributed by atoms with Crippen molar-refractivity contribution in [2.45, 2.75) is 76.0 Å². The minimum absolute atomic E-state index is 0.000914. The molecule has 5 atom stereocenters. The van der Waals surface area contributed by atoms with Crippen LogP contribution in [0, 0.1) is 5.92 Å². The van der Waals surface area contributed by atoms with E-state index in [0.717, 1.165) is 41.9 Å². The van der Waals surface area contributed by atoms with Gasteiger partial charge < -0.3 is 19.5 Å². The molecule has 6 rings (SSSR count). The first-order valence-corrected chi connectivity index (χ1v) is 20.5. The largest absolute Gasteiger partial charge is 0.497 e. The fraction of sp³-hybridized carbons (Fsp3) is 0.366. The predicted molar refractivity (Wildman–Crippen MR) is 197 cm³/mol. The Balaban J connectivity index is 1.21. The van der Waals surface area contributed by atoms with Crippen LogP contribution in [0.15, 0.2) is 103 Å². The van der Waals surface area contributed by atoms with E-state index in [2.05, 4.69) is 56.4 Å². The van der Waals surface area contributed by atoms with Gasteiger partial charge in [0.25, 0.3) is 0 Å². The molecular formula is C41H48N2O5Si. The Morgan fingerprint density at radius 2 is 1.57 bits per heavy atom. The van der Waals surface area contributed by atoms with Gasteiger partial charge >= 0.3 is 0 Å². The monoisotopic (exact) mass is 676 g/mol. The number of carbonyl (C=O) groups excluding carboxylic acids is 2. The Morgan fingerprint density at radius 3 is 2.22 bits per heavy atom. The van der Waals surface area contributed by atoms with Crippen molar-refractivity contribution in [2.75, 3.05) is 18.6 Å². The number of benzene rings is 4. The summed E-state index contributed by atoms with van der Waals surface area (Å²) < 4.78 is 12.4. The van der Waals surface area contributed by atoms with Crippen molar-refractivity contribution in [3.8, 4) is 5.75 Å². The minimum atomic E-state index is -2.15. The van der Waals surface area contributed by atoms with Crippen LogP contribution < -0.4 is 14.8 Å². The van der Waals surface area contributed by atoms with Crippen LogP contribution in [0.2, 0.25) is 18.6 Å². The Bertz CT molecular complexity index is 1710. The number of nitrogens with zero attached hydrogens (tertiary/aromatic N) is 2. The number of hydrogen-bond donors (Lipinski definition) is 1. The lowest BCUT2D eigenvalue weighted by atomic mass is 9.93. The number of aliphatic hydroxyl groups is 1. The number of rotatable bonds is 12. The van der Waals surface area contributed by atoms with Crippen molar-refractivity contribution in [3.63, 3.8) is 0 Å². The van der Waals surface area contributed by atoms with E-state index in [0.29, 0.717) is 19.4 Å². The van der Waals surface area contributed by atoms with Gasteiger partial charge in [-0.25, -0.2) is 0 Å². The average Bonchev–Trinajstić information content (AvgIpc) is 3.45. The fourth-order valence-corrected chi connectivity index (χ4v) is 12.2. The van der Waals surface area contributed by atoms with E-state index in [1.165, 1.54) is 16.3 Å². The zero-order valence-electron chi connectivity index (χ0n) is 29.0. The summed E-state index contributed by atoms with van der Waals surface area (Å²) >= 11 is 0. The Hall–Kier alpha value is -4.24. The van der Waals surface area contributed by atoms with E-state index in [9.17, 15) is 14.7 Å². The number of carbonyl (C=O) groups is 2. The Kier molecular flexibility index (Phi) is 10.7. The molecular weight excluding hydrogens is 629 g/mol. The van der Waals surface area contributed by atoms with Crippen LogP contribution in [-0.4, -0.2) is 62.4 Å². The number of fused-ring (bicyclic) bond motifs is 1. The predicted octanol–water partition coefficient (Wildman–Crippen LogP) is 6.65. The standard InChI is InChI=1S/C41H48N2O5Si/c1-29-38(23-16-30-14-17-34(18-15-30)43(28-45)33-12-6-5-7-13-33)48-39(41(29)49(3,4)37-21-19-36(47-2)20-22-37)25-40(46)42-26-32-11-9-8-10-31(32)24-35(42)27-44/h5-15,17-22,28-29,35,38-39,41,44H,16,23-27H2,1-4H3/t29-,35+,38+,39-,41+/m1/s1. The van der Waals surface area contributed by atoms with Crippen molar-refractivity contribution < 1.29 is 24.2 Å². The molecule has 0 bridgehead atoms. The summed E-state index contributed by atoms with van der Waals surface area (Å²) in [6.07, 6.45) is 3.25. The summed E-state index contributed by atoms with van der Waals surface area (Å²) in [5.74, 6) is 1.13. The van der Waals surface area contributed by atoms with E-state index in [1.807, 2.05) is 71.6 Å². The molecule has 8 heteroatoms. The molecule has 2 aliphatic heterocycles. The third-order valence-electron chi connectivity index (χ3n) is 10.9. The number of anilines is 2. The molecule has 0 radical (unpaired) electrons. The number of aryl methyl sites for hydroxylation is 1. The molecule has 0 unspecified atom stereocenters. The molecule has 7 nitrogen and oxygen atoms in total. The fourth-order valence-electron chi connectivity index (χ4n) is 8.17. The average molecular weight is 677 g/mol. The third-order valence-corrected chi connectivity index (χ3v) is 15.3. The van der Waals surface area contributed by atoms with Gasteiger partial charge in [0.2, 0.25) is 12.3 Å². The molecule has 256 valence electrons. The third kappa shape index (κ3) is 7.37. The van der Waals surface area contributed by atoms with Crippen molar-refractivity contribution in [2.24, 2.45) is 5.92 Å². The zero-order valence-corrected chi connectivity index (χ0v) is 30.0. The Morgan fingerprint density at radius 1 is 0.918 bits per heavy atom. The van der Waals surface area contributed by atoms with E-state index in [1.54, 1.807) is 12.0 Å². The van der Waals surface area contributed by atoms with E-state index < -0.39 is 8.07 Å². The maximum absolute atomic E-state index is 14.1. The summed E-state index contributed by atoms with van der Waals surface area (Å²) in [6.45, 7) is 7.55. The van der Waals surface area contributed by atoms with Crippen molar-refractivity contribution in [1.29, 1.82) is 0 Å². The number of methoxy groups -OCH3 is 1. The topological polar surface area (TPSA) is 79.3 Å². The molecule has 49 heavy (non-hydrogen) atoms. The molecule has 2 amide bonds. The van der Waals surface area contributed by atoms with E-state index >= 15 is 0 Å². The molecule has 1 fully saturated rings. The van der Waals surface area contributed by atoms with Crippen LogP contribution >= 0.6 is 0 Å². The molecule has 0 aliphatic carbocycles. The molecule has 1 N–H and O–H groups in total. The number of para-hydroxylation sites is 1. The van der Waals surface area contributed by atoms with Crippen LogP contribution in [0.3, 0.4) is 0 Å². The summed E-state index contributed by atoms with van der Waals surface area (Å²) in [4.78, 5) is 29.6. The molecule has 4 aromatic carbocycles. The van der Waals surface area contributed by atoms with Crippen molar-refractivity contribution in [3.05, 3.63) is 120 Å². The van der Waals surface area contributed by atoms with Gasteiger partial charge in [-0.3, -0.25) is 14.5 Å². The van der Waals surface area contributed by atoms with Gasteiger partial charge in [-0.2, -0.15) is 0 Å². The van der Waals surface area contributed by atoms with E-state index in [-0.39, 0.29) is 42.2 Å². The second-order valence-electron chi connectivity index (χ2n) is 14.1. The lowest BCUT2D eigenvalue weighted by Gasteiger charge is -2.39. The van der Waals surface area contributed by atoms with Gasteiger partial charge in [0.1, 0.15) is 5.75 Å². The highest BCUT2D eigenvalue weighted by Gasteiger charge is 2.51. The van der Waals surface area contributed by atoms with Gasteiger partial charge in [0, 0.05) is 17.9 Å². The summed E-state index contributed by atoms with van der Waals surface area (Å²) in [5, 5.41) is 11.6. The maximum Gasteiger partial charge on any atom is 0.225 e. The maximum atomic E-state index is 14.1.